The summed E-state index contributed by atoms with van der Waals surface area (Å²) in [5, 5.41) is 10.1. The predicted octanol–water partition coefficient (Wildman–Crippen LogP) is 5.93. The fourth-order valence-electron chi connectivity index (χ4n) is 3.28. The maximum atomic E-state index is 12.6. The Labute approximate surface area is 183 Å². The van der Waals surface area contributed by atoms with E-state index < -0.39 is 0 Å². The lowest BCUT2D eigenvalue weighted by molar-refractivity contribution is 0.0994. The molecule has 0 amide bonds. The number of benzene rings is 3. The van der Waals surface area contributed by atoms with E-state index in [4.69, 9.17) is 9.40 Å². The first-order chi connectivity index (χ1) is 15.3. The van der Waals surface area contributed by atoms with E-state index in [-0.39, 0.29) is 11.5 Å². The molecule has 0 atom stereocenters. The third kappa shape index (κ3) is 4.11. The Morgan fingerprint density at radius 2 is 1.42 bits per heavy atom. The van der Waals surface area contributed by atoms with Gasteiger partial charge in [-0.25, -0.2) is 4.98 Å². The molecule has 0 bridgehead atoms. The first-order valence-electron chi connectivity index (χ1n) is 9.78. The van der Waals surface area contributed by atoms with Crippen molar-refractivity contribution in [1.82, 2.24) is 15.2 Å². The molecule has 0 radical (unpaired) electrons. The summed E-state index contributed by atoms with van der Waals surface area (Å²) in [6.07, 6.45) is 0. The second kappa shape index (κ2) is 8.53. The number of para-hydroxylation sites is 1. The van der Waals surface area contributed by atoms with Crippen molar-refractivity contribution in [3.05, 3.63) is 96.8 Å². The highest BCUT2D eigenvalue weighted by Crippen LogP contribution is 2.30. The summed E-state index contributed by atoms with van der Waals surface area (Å²) in [4.78, 5) is 17.4. The van der Waals surface area contributed by atoms with Crippen molar-refractivity contribution in [2.45, 2.75) is 5.16 Å². The van der Waals surface area contributed by atoms with Gasteiger partial charge in [0.1, 0.15) is 17.0 Å². The number of hydrogen-bond donors (Lipinski definition) is 0. The predicted molar refractivity (Wildman–Crippen MR) is 122 cm³/mol. The molecule has 0 aliphatic carbocycles. The third-order valence-electron chi connectivity index (χ3n) is 4.79. The van der Waals surface area contributed by atoms with Gasteiger partial charge in [0.2, 0.25) is 10.9 Å². The van der Waals surface area contributed by atoms with Crippen LogP contribution < -0.4 is 0 Å². The number of Topliss-reactive ketones (excluding diaryl/α,β-unsaturated/α-hetero) is 1. The van der Waals surface area contributed by atoms with Gasteiger partial charge in [-0.15, -0.1) is 10.2 Å². The third-order valence-corrected chi connectivity index (χ3v) is 5.63. The van der Waals surface area contributed by atoms with E-state index in [1.165, 1.54) is 11.8 Å². The van der Waals surface area contributed by atoms with Crippen molar-refractivity contribution in [1.29, 1.82) is 0 Å². The molecule has 0 saturated heterocycles. The maximum absolute atomic E-state index is 12.6. The van der Waals surface area contributed by atoms with Gasteiger partial charge in [0.25, 0.3) is 0 Å². The molecule has 31 heavy (non-hydrogen) atoms. The molecule has 0 aliphatic rings. The van der Waals surface area contributed by atoms with Crippen LogP contribution in [-0.2, 0) is 0 Å². The molecule has 5 aromatic rings. The first-order valence-corrected chi connectivity index (χ1v) is 10.8. The van der Waals surface area contributed by atoms with Gasteiger partial charge in [0.15, 0.2) is 5.76 Å². The molecule has 150 valence electrons. The summed E-state index contributed by atoms with van der Waals surface area (Å²) in [6.45, 7) is 0. The van der Waals surface area contributed by atoms with E-state index in [1.807, 2.05) is 84.9 Å². The number of rotatable bonds is 6. The minimum absolute atomic E-state index is 0.113. The van der Waals surface area contributed by atoms with E-state index in [1.54, 1.807) is 6.07 Å². The zero-order chi connectivity index (χ0) is 21.0. The smallest absolute Gasteiger partial charge is 0.210 e. The molecule has 0 aliphatic heterocycles. The number of ketones is 1. The van der Waals surface area contributed by atoms with Crippen LogP contribution in [0.5, 0.6) is 0 Å². The Morgan fingerprint density at radius 1 is 0.774 bits per heavy atom. The Balaban J connectivity index is 1.42. The Hall–Kier alpha value is -3.77. The summed E-state index contributed by atoms with van der Waals surface area (Å²) < 4.78 is 5.67. The molecule has 0 fully saturated rings. The number of furan rings is 1. The Morgan fingerprint density at radius 3 is 2.13 bits per heavy atom. The van der Waals surface area contributed by atoms with Crippen LogP contribution in [0.25, 0.3) is 33.5 Å². The minimum Gasteiger partial charge on any atom is -0.453 e. The van der Waals surface area contributed by atoms with Crippen LogP contribution >= 0.6 is 11.8 Å². The van der Waals surface area contributed by atoms with Crippen LogP contribution in [0.15, 0.2) is 101 Å². The molecule has 6 heteroatoms. The average molecular weight is 423 g/mol. The van der Waals surface area contributed by atoms with Gasteiger partial charge in [-0.2, -0.15) is 0 Å². The van der Waals surface area contributed by atoms with Gasteiger partial charge in [-0.05, 0) is 12.1 Å². The zero-order valence-electron chi connectivity index (χ0n) is 16.4. The number of carbonyl (C=O) groups excluding carboxylic acids is 1. The Bertz CT molecular complexity index is 1320. The van der Waals surface area contributed by atoms with Crippen LogP contribution in [0.2, 0.25) is 0 Å². The van der Waals surface area contributed by atoms with Crippen molar-refractivity contribution in [2.75, 3.05) is 5.75 Å². The molecule has 5 rings (SSSR count). The summed E-state index contributed by atoms with van der Waals surface area (Å²) in [6, 6.07) is 29.0. The van der Waals surface area contributed by atoms with Crippen LogP contribution in [0.1, 0.15) is 10.6 Å². The van der Waals surface area contributed by atoms with E-state index in [2.05, 4.69) is 10.2 Å². The van der Waals surface area contributed by atoms with Gasteiger partial charge < -0.3 is 4.42 Å². The number of aromatic nitrogens is 3. The average Bonchev–Trinajstić information content (AvgIpc) is 3.28. The molecule has 3 aromatic carbocycles. The molecular formula is C25H17N3O2S. The lowest BCUT2D eigenvalue weighted by Gasteiger charge is -2.09. The van der Waals surface area contributed by atoms with Crippen molar-refractivity contribution < 1.29 is 9.21 Å². The van der Waals surface area contributed by atoms with Crippen LogP contribution in [-0.4, -0.2) is 26.7 Å². The fourth-order valence-corrected chi connectivity index (χ4v) is 3.94. The van der Waals surface area contributed by atoms with Crippen molar-refractivity contribution in [2.24, 2.45) is 0 Å². The molecule has 0 spiro atoms. The van der Waals surface area contributed by atoms with Gasteiger partial charge in [-0.1, -0.05) is 90.6 Å². The van der Waals surface area contributed by atoms with Crippen molar-refractivity contribution >= 4 is 28.5 Å². The zero-order valence-corrected chi connectivity index (χ0v) is 17.3. The number of carbonyl (C=O) groups is 1. The molecular weight excluding hydrogens is 406 g/mol. The summed E-state index contributed by atoms with van der Waals surface area (Å²) in [5.74, 6) is 0.393. The van der Waals surface area contributed by atoms with Gasteiger partial charge >= 0.3 is 0 Å². The fraction of sp³-hybridized carbons (Fsp3) is 0.0400. The van der Waals surface area contributed by atoms with E-state index in [0.29, 0.717) is 22.2 Å². The summed E-state index contributed by atoms with van der Waals surface area (Å²) >= 11 is 1.25. The number of thioether (sulfide) groups is 1. The molecule has 0 N–H and O–H groups in total. The second-order valence-corrected chi connectivity index (χ2v) is 7.83. The summed E-state index contributed by atoms with van der Waals surface area (Å²) in [7, 11) is 0. The van der Waals surface area contributed by atoms with Crippen molar-refractivity contribution in [3.8, 4) is 22.5 Å². The molecule has 5 nitrogen and oxygen atoms in total. The van der Waals surface area contributed by atoms with Crippen LogP contribution in [0.3, 0.4) is 0 Å². The van der Waals surface area contributed by atoms with Crippen LogP contribution in [0, 0.1) is 0 Å². The lowest BCUT2D eigenvalue weighted by atomic mass is 10.0. The first kappa shape index (κ1) is 19.2. The molecule has 0 unspecified atom stereocenters. The topological polar surface area (TPSA) is 68.9 Å². The van der Waals surface area contributed by atoms with Gasteiger partial charge in [-0.3, -0.25) is 4.79 Å². The molecule has 0 saturated carbocycles. The lowest BCUT2D eigenvalue weighted by Crippen LogP contribution is -2.04. The molecule has 2 aromatic heterocycles. The highest BCUT2D eigenvalue weighted by atomic mass is 32.2. The monoisotopic (exact) mass is 423 g/mol. The standard InChI is InChI=1S/C25H17N3O2S/c29-20(22-15-19-13-7-8-14-21(19)30-22)16-31-25-26-23(17-9-3-1-4-10-17)24(27-28-25)18-11-5-2-6-12-18/h1-15H,16H2. The van der Waals surface area contributed by atoms with Gasteiger partial charge in [0.05, 0.1) is 5.75 Å². The Kier molecular flexibility index (Phi) is 5.29. The second-order valence-electron chi connectivity index (χ2n) is 6.88. The number of fused-ring (bicyclic) bond motifs is 1. The number of hydrogen-bond acceptors (Lipinski definition) is 6. The van der Waals surface area contributed by atoms with Gasteiger partial charge in [0, 0.05) is 16.5 Å². The molecule has 2 heterocycles. The summed E-state index contributed by atoms with van der Waals surface area (Å²) in [5.41, 5.74) is 4.03. The van der Waals surface area contributed by atoms with E-state index in [0.717, 1.165) is 22.2 Å². The minimum atomic E-state index is -0.113. The normalized spacial score (nSPS) is 11.0. The highest BCUT2D eigenvalue weighted by molar-refractivity contribution is 7.99. The quantitative estimate of drug-likeness (QED) is 0.249. The van der Waals surface area contributed by atoms with E-state index in [9.17, 15) is 4.79 Å². The largest absolute Gasteiger partial charge is 0.453 e. The van der Waals surface area contributed by atoms with E-state index >= 15 is 0 Å². The number of nitrogens with zero attached hydrogens (tertiary/aromatic N) is 3. The van der Waals surface area contributed by atoms with Crippen molar-refractivity contribution in [3.63, 3.8) is 0 Å². The van der Waals surface area contributed by atoms with Crippen LogP contribution in [0.4, 0.5) is 0 Å². The highest BCUT2D eigenvalue weighted by Gasteiger charge is 2.17. The SMILES string of the molecule is O=C(CSc1nnc(-c2ccccc2)c(-c2ccccc2)n1)c1cc2ccccc2o1. The maximum Gasteiger partial charge on any atom is 0.210 e.